The van der Waals surface area contributed by atoms with Crippen LogP contribution in [0.2, 0.25) is 0 Å². The first-order chi connectivity index (χ1) is 12.4. The first-order valence-corrected chi connectivity index (χ1v) is 8.63. The molecule has 0 spiro atoms. The molecule has 1 aliphatic heterocycles. The molecule has 5 nitrogen and oxygen atoms in total. The number of hydrogen-bond donors (Lipinski definition) is 2. The second-order valence-electron chi connectivity index (χ2n) is 6.60. The molecular weight excluding hydrogens is 328 g/mol. The highest BCUT2D eigenvalue weighted by Crippen LogP contribution is 2.32. The maximum atomic E-state index is 12.1. The number of nitrogens with one attached hydrogen (secondary N) is 2. The van der Waals surface area contributed by atoms with Crippen molar-refractivity contribution in [3.63, 3.8) is 0 Å². The van der Waals surface area contributed by atoms with E-state index in [0.29, 0.717) is 23.0 Å². The van der Waals surface area contributed by atoms with Crippen LogP contribution in [0.5, 0.6) is 5.75 Å². The number of carbonyl (C=O) groups excluding carboxylic acids is 2. The number of amides is 2. The summed E-state index contributed by atoms with van der Waals surface area (Å²) < 4.78 is 5.50. The quantitative estimate of drug-likeness (QED) is 0.813. The standard InChI is InChI=1S/C21H22N2O3/c1-13(2)16-7-4-15(5-8-16)6-11-20(24)22-17-9-10-19-18(12-17)23-21(25)14(3)26-19/h4-14H,1-3H3,(H,22,24)(H,23,25)/b11-6+/t14-/m0/s1. The summed E-state index contributed by atoms with van der Waals surface area (Å²) >= 11 is 0. The molecule has 134 valence electrons. The molecule has 1 aliphatic rings. The summed E-state index contributed by atoms with van der Waals surface area (Å²) in [5, 5.41) is 5.55. The average Bonchev–Trinajstić information content (AvgIpc) is 2.61. The largest absolute Gasteiger partial charge is 0.479 e. The Labute approximate surface area is 153 Å². The van der Waals surface area contributed by atoms with Crippen LogP contribution in [0.1, 0.15) is 37.8 Å². The van der Waals surface area contributed by atoms with E-state index in [0.717, 1.165) is 5.56 Å². The van der Waals surface area contributed by atoms with Gasteiger partial charge in [-0.2, -0.15) is 0 Å². The molecule has 1 atom stereocenters. The minimum absolute atomic E-state index is 0.203. The van der Waals surface area contributed by atoms with E-state index in [-0.39, 0.29) is 11.8 Å². The molecule has 0 aliphatic carbocycles. The molecule has 2 aromatic carbocycles. The van der Waals surface area contributed by atoms with Crippen LogP contribution in [0.15, 0.2) is 48.5 Å². The highest BCUT2D eigenvalue weighted by molar-refractivity contribution is 6.03. The summed E-state index contributed by atoms with van der Waals surface area (Å²) in [5.41, 5.74) is 3.37. The molecule has 0 aromatic heterocycles. The monoisotopic (exact) mass is 350 g/mol. The van der Waals surface area contributed by atoms with Gasteiger partial charge in [0.25, 0.3) is 5.91 Å². The fourth-order valence-corrected chi connectivity index (χ4v) is 2.63. The Morgan fingerprint density at radius 2 is 1.92 bits per heavy atom. The third-order valence-electron chi connectivity index (χ3n) is 4.21. The van der Waals surface area contributed by atoms with Gasteiger partial charge < -0.3 is 15.4 Å². The normalized spacial score (nSPS) is 16.2. The molecule has 2 aromatic rings. The first-order valence-electron chi connectivity index (χ1n) is 8.63. The predicted octanol–water partition coefficient (Wildman–Crippen LogP) is 4.18. The van der Waals surface area contributed by atoms with Crippen LogP contribution in [0.25, 0.3) is 6.08 Å². The van der Waals surface area contributed by atoms with Gasteiger partial charge in [-0.1, -0.05) is 38.1 Å². The molecule has 0 unspecified atom stereocenters. The van der Waals surface area contributed by atoms with Crippen LogP contribution in [0.4, 0.5) is 11.4 Å². The number of benzene rings is 2. The maximum Gasteiger partial charge on any atom is 0.265 e. The second kappa shape index (κ2) is 7.44. The van der Waals surface area contributed by atoms with Gasteiger partial charge in [-0.05, 0) is 48.2 Å². The van der Waals surface area contributed by atoms with Gasteiger partial charge >= 0.3 is 0 Å². The third-order valence-corrected chi connectivity index (χ3v) is 4.21. The molecule has 0 saturated heterocycles. The SMILES string of the molecule is CC(C)c1ccc(/C=C/C(=O)Nc2ccc3c(c2)NC(=O)[C@H](C)O3)cc1. The minimum Gasteiger partial charge on any atom is -0.479 e. The van der Waals surface area contributed by atoms with Crippen molar-refractivity contribution in [1.29, 1.82) is 0 Å². The van der Waals surface area contributed by atoms with E-state index in [1.54, 1.807) is 31.2 Å². The van der Waals surface area contributed by atoms with Crippen LogP contribution in [-0.4, -0.2) is 17.9 Å². The summed E-state index contributed by atoms with van der Waals surface area (Å²) in [5.74, 6) is 0.628. The Morgan fingerprint density at radius 3 is 2.62 bits per heavy atom. The number of fused-ring (bicyclic) bond motifs is 1. The smallest absolute Gasteiger partial charge is 0.265 e. The molecule has 0 radical (unpaired) electrons. The minimum atomic E-state index is -0.520. The van der Waals surface area contributed by atoms with Crippen molar-refractivity contribution >= 4 is 29.3 Å². The van der Waals surface area contributed by atoms with E-state index in [1.807, 2.05) is 12.1 Å². The Balaban J connectivity index is 1.65. The maximum absolute atomic E-state index is 12.1. The number of rotatable bonds is 4. The fourth-order valence-electron chi connectivity index (χ4n) is 2.63. The van der Waals surface area contributed by atoms with E-state index in [2.05, 4.69) is 36.6 Å². The van der Waals surface area contributed by atoms with Gasteiger partial charge in [-0.25, -0.2) is 0 Å². The van der Waals surface area contributed by atoms with E-state index >= 15 is 0 Å². The van der Waals surface area contributed by atoms with E-state index < -0.39 is 6.10 Å². The van der Waals surface area contributed by atoms with Crippen LogP contribution in [0.3, 0.4) is 0 Å². The fraction of sp³-hybridized carbons (Fsp3) is 0.238. The molecule has 0 bridgehead atoms. The Hall–Kier alpha value is -3.08. The Bertz CT molecular complexity index is 854. The van der Waals surface area contributed by atoms with Crippen LogP contribution in [0, 0.1) is 0 Å². The summed E-state index contributed by atoms with van der Waals surface area (Å²) in [4.78, 5) is 23.8. The zero-order valence-electron chi connectivity index (χ0n) is 15.1. The topological polar surface area (TPSA) is 67.4 Å². The highest BCUT2D eigenvalue weighted by Gasteiger charge is 2.23. The van der Waals surface area contributed by atoms with Crippen LogP contribution < -0.4 is 15.4 Å². The van der Waals surface area contributed by atoms with Crippen molar-refractivity contribution in [2.45, 2.75) is 32.8 Å². The predicted molar refractivity (Wildman–Crippen MR) is 103 cm³/mol. The third kappa shape index (κ3) is 4.11. The molecule has 0 fully saturated rings. The van der Waals surface area contributed by atoms with Crippen molar-refractivity contribution in [3.8, 4) is 5.75 Å². The first kappa shape index (κ1) is 17.7. The molecule has 2 N–H and O–H groups in total. The van der Waals surface area contributed by atoms with Crippen LogP contribution >= 0.6 is 0 Å². The molecule has 26 heavy (non-hydrogen) atoms. The highest BCUT2D eigenvalue weighted by atomic mass is 16.5. The zero-order chi connectivity index (χ0) is 18.7. The van der Waals surface area contributed by atoms with Crippen LogP contribution in [-0.2, 0) is 9.59 Å². The van der Waals surface area contributed by atoms with E-state index in [4.69, 9.17) is 4.74 Å². The molecule has 0 saturated carbocycles. The lowest BCUT2D eigenvalue weighted by molar-refractivity contribution is -0.122. The lowest BCUT2D eigenvalue weighted by Gasteiger charge is -2.23. The molecule has 5 heteroatoms. The van der Waals surface area contributed by atoms with Gasteiger partial charge in [0.2, 0.25) is 5.91 Å². The molecule has 3 rings (SSSR count). The lowest BCUT2D eigenvalue weighted by Crippen LogP contribution is -2.34. The average molecular weight is 350 g/mol. The van der Waals surface area contributed by atoms with Gasteiger partial charge in [-0.3, -0.25) is 9.59 Å². The number of ether oxygens (including phenoxy) is 1. The Morgan fingerprint density at radius 1 is 1.19 bits per heavy atom. The van der Waals surface area contributed by atoms with Crippen molar-refractivity contribution in [3.05, 3.63) is 59.7 Å². The van der Waals surface area contributed by atoms with Crippen molar-refractivity contribution in [1.82, 2.24) is 0 Å². The van der Waals surface area contributed by atoms with Gasteiger partial charge in [0.1, 0.15) is 5.75 Å². The summed E-state index contributed by atoms with van der Waals surface area (Å²) in [6.07, 6.45) is 2.73. The zero-order valence-corrected chi connectivity index (χ0v) is 15.1. The Kier molecular flexibility index (Phi) is 5.07. The van der Waals surface area contributed by atoms with Gasteiger partial charge in [-0.15, -0.1) is 0 Å². The summed E-state index contributed by atoms with van der Waals surface area (Å²) in [7, 11) is 0. The number of hydrogen-bond acceptors (Lipinski definition) is 3. The van der Waals surface area contributed by atoms with Crippen molar-refractivity contribution in [2.75, 3.05) is 10.6 Å². The van der Waals surface area contributed by atoms with E-state index in [1.165, 1.54) is 11.6 Å². The van der Waals surface area contributed by atoms with Crippen molar-refractivity contribution in [2.24, 2.45) is 0 Å². The second-order valence-corrected chi connectivity index (χ2v) is 6.60. The van der Waals surface area contributed by atoms with Gasteiger partial charge in [0.05, 0.1) is 5.69 Å². The molecule has 2 amide bonds. The van der Waals surface area contributed by atoms with E-state index in [9.17, 15) is 9.59 Å². The summed E-state index contributed by atoms with van der Waals surface area (Å²) in [6, 6.07) is 13.3. The van der Waals surface area contributed by atoms with Crippen molar-refractivity contribution < 1.29 is 14.3 Å². The van der Waals surface area contributed by atoms with Gasteiger partial charge in [0, 0.05) is 11.8 Å². The van der Waals surface area contributed by atoms with Gasteiger partial charge in [0.15, 0.2) is 6.10 Å². The summed E-state index contributed by atoms with van der Waals surface area (Å²) in [6.45, 7) is 5.97. The number of carbonyl (C=O) groups is 2. The molecule has 1 heterocycles. The number of anilines is 2. The lowest BCUT2D eigenvalue weighted by atomic mass is 10.0. The molecular formula is C21H22N2O3.